The Morgan fingerprint density at radius 3 is 2.40 bits per heavy atom. The Kier molecular flexibility index (Phi) is 8.69. The molecule has 0 saturated carbocycles. The van der Waals surface area contributed by atoms with Gasteiger partial charge in [-0.3, -0.25) is 0 Å². The highest BCUT2D eigenvalue weighted by atomic mass is 32.2. The van der Waals surface area contributed by atoms with Crippen LogP contribution in [-0.4, -0.2) is 25.4 Å². The fraction of sp³-hybridized carbons (Fsp3) is 0.538. The molecule has 1 aromatic rings. The van der Waals surface area contributed by atoms with Gasteiger partial charge in [0.15, 0.2) is 9.84 Å². The lowest BCUT2D eigenvalue weighted by atomic mass is 9.70. The summed E-state index contributed by atoms with van der Waals surface area (Å²) in [5.41, 5.74) is 4.50. The molecule has 4 heteroatoms. The minimum atomic E-state index is -3.49. The smallest absolute Gasteiger partial charge is 0.185 e. The number of sulfone groups is 1. The molecular weight excluding hydrogens is 392 g/mol. The van der Waals surface area contributed by atoms with Crippen molar-refractivity contribution in [2.24, 2.45) is 5.41 Å². The predicted octanol–water partition coefficient (Wildman–Crippen LogP) is 6.41. The van der Waals surface area contributed by atoms with Crippen molar-refractivity contribution in [1.82, 2.24) is 0 Å². The van der Waals surface area contributed by atoms with Crippen molar-refractivity contribution < 1.29 is 13.5 Å². The number of aliphatic hydroxyl groups excluding tert-OH is 1. The molecule has 0 heterocycles. The van der Waals surface area contributed by atoms with E-state index >= 15 is 0 Å². The number of aliphatic hydroxyl groups is 1. The van der Waals surface area contributed by atoms with Gasteiger partial charge in [0.05, 0.1) is 16.8 Å². The molecule has 1 aliphatic carbocycles. The second-order valence-corrected chi connectivity index (χ2v) is 11.4. The number of benzene rings is 1. The zero-order chi connectivity index (χ0) is 22.4. The van der Waals surface area contributed by atoms with Crippen LogP contribution in [0.15, 0.2) is 69.7 Å². The van der Waals surface area contributed by atoms with Crippen LogP contribution in [0, 0.1) is 5.41 Å². The second kappa shape index (κ2) is 10.6. The molecule has 3 nitrogen and oxygen atoms in total. The summed E-state index contributed by atoms with van der Waals surface area (Å²) in [6.07, 6.45) is 9.36. The van der Waals surface area contributed by atoms with Gasteiger partial charge in [-0.05, 0) is 82.4 Å². The summed E-state index contributed by atoms with van der Waals surface area (Å²) in [5, 5.41) is 8.49. The summed E-state index contributed by atoms with van der Waals surface area (Å²) in [4.78, 5) is 0.409. The van der Waals surface area contributed by atoms with Crippen molar-refractivity contribution in [3.05, 3.63) is 64.8 Å². The van der Waals surface area contributed by atoms with Crippen molar-refractivity contribution >= 4 is 9.84 Å². The molecule has 1 unspecified atom stereocenters. The zero-order valence-corrected chi connectivity index (χ0v) is 20.1. The number of rotatable bonds is 9. The molecule has 30 heavy (non-hydrogen) atoms. The second-order valence-electron chi connectivity index (χ2n) is 9.30. The summed E-state index contributed by atoms with van der Waals surface area (Å²) in [6.45, 7) is 10.6. The van der Waals surface area contributed by atoms with Crippen molar-refractivity contribution in [1.29, 1.82) is 0 Å². The van der Waals surface area contributed by atoms with Gasteiger partial charge in [0.25, 0.3) is 0 Å². The average molecular weight is 431 g/mol. The fourth-order valence-electron chi connectivity index (χ4n) is 4.67. The summed E-state index contributed by atoms with van der Waals surface area (Å²) < 4.78 is 27.5. The fourth-order valence-corrected chi connectivity index (χ4v) is 6.85. The van der Waals surface area contributed by atoms with E-state index in [4.69, 9.17) is 5.11 Å². The van der Waals surface area contributed by atoms with Crippen molar-refractivity contribution in [2.45, 2.75) is 83.3 Å². The summed E-state index contributed by atoms with van der Waals surface area (Å²) in [5.74, 6) is 0. The summed E-state index contributed by atoms with van der Waals surface area (Å²) in [6, 6.07) is 8.90. The van der Waals surface area contributed by atoms with Crippen LogP contribution in [0.5, 0.6) is 0 Å². The molecule has 1 atom stereocenters. The van der Waals surface area contributed by atoms with E-state index in [1.807, 2.05) is 26.0 Å². The van der Waals surface area contributed by atoms with E-state index in [0.717, 1.165) is 48.8 Å². The van der Waals surface area contributed by atoms with Gasteiger partial charge in [-0.2, -0.15) is 0 Å². The Hall–Kier alpha value is -1.65. The van der Waals surface area contributed by atoms with E-state index in [1.54, 1.807) is 24.3 Å². The van der Waals surface area contributed by atoms with Crippen molar-refractivity contribution in [3.8, 4) is 0 Å². The van der Waals surface area contributed by atoms with Crippen LogP contribution in [0.3, 0.4) is 0 Å². The topological polar surface area (TPSA) is 54.4 Å². The van der Waals surface area contributed by atoms with Gasteiger partial charge >= 0.3 is 0 Å². The minimum absolute atomic E-state index is 0.0639. The molecule has 166 valence electrons. The maximum Gasteiger partial charge on any atom is 0.185 e. The van der Waals surface area contributed by atoms with Crippen LogP contribution in [0.1, 0.15) is 73.1 Å². The summed E-state index contributed by atoms with van der Waals surface area (Å²) >= 11 is 0. The van der Waals surface area contributed by atoms with E-state index in [1.165, 1.54) is 5.57 Å². The normalized spacial score (nSPS) is 19.1. The standard InChI is InChI=1S/C26H38O3S/c1-20(16-18-27)11-9-12-21(2)19-24(25-22(3)13-10-17-26(25,4)5)30(28,29)23-14-7-6-8-15-23/h6-8,12,14-16,24,27H,9-11,13,17-19H2,1-5H3/b20-16+,21-12+. The first-order valence-corrected chi connectivity index (χ1v) is 12.6. The maximum absolute atomic E-state index is 13.8. The molecule has 0 bridgehead atoms. The molecule has 2 rings (SSSR count). The highest BCUT2D eigenvalue weighted by Gasteiger charge is 2.40. The first-order valence-electron chi connectivity index (χ1n) is 11.0. The highest BCUT2D eigenvalue weighted by Crippen LogP contribution is 2.46. The molecular formula is C26H38O3S. The third-order valence-corrected chi connectivity index (χ3v) is 8.37. The molecule has 1 N–H and O–H groups in total. The van der Waals surface area contributed by atoms with Gasteiger partial charge in [-0.25, -0.2) is 8.42 Å². The molecule has 0 saturated heterocycles. The average Bonchev–Trinajstić information content (AvgIpc) is 2.67. The monoisotopic (exact) mass is 430 g/mol. The third kappa shape index (κ3) is 6.18. The van der Waals surface area contributed by atoms with Gasteiger partial charge in [0.2, 0.25) is 0 Å². The van der Waals surface area contributed by atoms with Crippen LogP contribution < -0.4 is 0 Å². The molecule has 0 radical (unpaired) electrons. The quantitative estimate of drug-likeness (QED) is 0.461. The van der Waals surface area contributed by atoms with Gasteiger partial charge in [0, 0.05) is 0 Å². The van der Waals surface area contributed by atoms with E-state index in [0.29, 0.717) is 11.3 Å². The highest BCUT2D eigenvalue weighted by molar-refractivity contribution is 7.92. The van der Waals surface area contributed by atoms with Crippen LogP contribution in [0.2, 0.25) is 0 Å². The van der Waals surface area contributed by atoms with E-state index in [2.05, 4.69) is 26.8 Å². The Bertz CT molecular complexity index is 903. The molecule has 1 aromatic carbocycles. The van der Waals surface area contributed by atoms with Crippen molar-refractivity contribution in [3.63, 3.8) is 0 Å². The Morgan fingerprint density at radius 1 is 1.13 bits per heavy atom. The molecule has 0 aromatic heterocycles. The van der Waals surface area contributed by atoms with E-state index in [-0.39, 0.29) is 12.0 Å². The van der Waals surface area contributed by atoms with Crippen LogP contribution in [0.25, 0.3) is 0 Å². The van der Waals surface area contributed by atoms with Gasteiger partial charge in [0.1, 0.15) is 0 Å². The number of hydrogen-bond donors (Lipinski definition) is 1. The van der Waals surface area contributed by atoms with Gasteiger partial charge in [-0.15, -0.1) is 0 Å². The number of allylic oxidation sites excluding steroid dienone is 4. The minimum Gasteiger partial charge on any atom is -0.392 e. The van der Waals surface area contributed by atoms with Crippen LogP contribution in [0.4, 0.5) is 0 Å². The van der Waals surface area contributed by atoms with Gasteiger partial charge in [-0.1, -0.05) is 60.9 Å². The zero-order valence-electron chi connectivity index (χ0n) is 19.2. The lowest BCUT2D eigenvalue weighted by Gasteiger charge is -2.39. The van der Waals surface area contributed by atoms with E-state index in [9.17, 15) is 8.42 Å². The molecule has 0 amide bonds. The molecule has 0 fully saturated rings. The SMILES string of the molecule is CC1=C(C(C/C(C)=C/CC/C(C)=C/CO)S(=O)(=O)c2ccccc2)C(C)(C)CCC1. The molecule has 0 aliphatic heterocycles. The predicted molar refractivity (Wildman–Crippen MR) is 126 cm³/mol. The van der Waals surface area contributed by atoms with Crippen LogP contribution >= 0.6 is 0 Å². The Morgan fingerprint density at radius 2 is 1.80 bits per heavy atom. The Labute approximate surface area is 183 Å². The van der Waals surface area contributed by atoms with Gasteiger partial charge < -0.3 is 5.11 Å². The maximum atomic E-state index is 13.8. The van der Waals surface area contributed by atoms with Crippen LogP contribution in [-0.2, 0) is 9.84 Å². The first kappa shape index (κ1) is 24.6. The Balaban J connectivity index is 2.41. The lowest BCUT2D eigenvalue weighted by molar-refractivity contribution is 0.341. The lowest BCUT2D eigenvalue weighted by Crippen LogP contribution is -2.34. The number of hydrogen-bond acceptors (Lipinski definition) is 3. The van der Waals surface area contributed by atoms with E-state index < -0.39 is 15.1 Å². The molecule has 1 aliphatic rings. The largest absolute Gasteiger partial charge is 0.392 e. The van der Waals surface area contributed by atoms with Crippen molar-refractivity contribution in [2.75, 3.05) is 6.61 Å². The summed E-state index contributed by atoms with van der Waals surface area (Å²) in [7, 11) is -3.49. The third-order valence-electron chi connectivity index (χ3n) is 6.29. The first-order chi connectivity index (χ1) is 14.1. The molecule has 0 spiro atoms.